The van der Waals surface area contributed by atoms with Gasteiger partial charge in [0.2, 0.25) is 5.91 Å². The van der Waals surface area contributed by atoms with E-state index in [-0.39, 0.29) is 0 Å². The zero-order valence-electron chi connectivity index (χ0n) is 11.8. The molecule has 4 atom stereocenters. The molecule has 0 aromatic carbocycles. The van der Waals surface area contributed by atoms with Crippen LogP contribution in [0.2, 0.25) is 0 Å². The van der Waals surface area contributed by atoms with Gasteiger partial charge in [-0.25, -0.2) is 0 Å². The first kappa shape index (κ1) is 11.8. The highest BCUT2D eigenvalue weighted by atomic mass is 16.2. The van der Waals surface area contributed by atoms with Crippen LogP contribution in [0.3, 0.4) is 0 Å². The lowest BCUT2D eigenvalue weighted by Gasteiger charge is -2.59. The fraction of sp³-hybridized carbons (Fsp3) is 0.812. The smallest absolute Gasteiger partial charge is 0.224 e. The number of nitrogens with zero attached hydrogens (tertiary/aromatic N) is 2. The predicted octanol–water partition coefficient (Wildman–Crippen LogP) is 2.88. The van der Waals surface area contributed by atoms with Gasteiger partial charge in [0.1, 0.15) is 6.17 Å². The van der Waals surface area contributed by atoms with Gasteiger partial charge in [-0.05, 0) is 50.9 Å². The van der Waals surface area contributed by atoms with E-state index in [1.165, 1.54) is 31.4 Å². The molecule has 4 unspecified atom stereocenters. The molecule has 3 heteroatoms. The lowest BCUT2D eigenvalue weighted by molar-refractivity contribution is -0.156. The molecule has 4 aliphatic heterocycles. The summed E-state index contributed by atoms with van der Waals surface area (Å²) in [7, 11) is 0. The van der Waals surface area contributed by atoms with E-state index in [2.05, 4.69) is 22.8 Å². The Labute approximate surface area is 115 Å². The quantitative estimate of drug-likeness (QED) is 0.668. The van der Waals surface area contributed by atoms with Gasteiger partial charge in [-0.1, -0.05) is 13.0 Å². The number of fused-ring (bicyclic) bond motifs is 2. The molecule has 0 aliphatic carbocycles. The van der Waals surface area contributed by atoms with Crippen molar-refractivity contribution in [3.8, 4) is 0 Å². The fourth-order valence-corrected chi connectivity index (χ4v) is 4.92. The number of carbonyl (C=O) groups excluding carboxylic acids is 1. The van der Waals surface area contributed by atoms with Gasteiger partial charge >= 0.3 is 0 Å². The summed E-state index contributed by atoms with van der Waals surface area (Å²) in [5.74, 6) is 1.23. The molecule has 0 spiro atoms. The highest BCUT2D eigenvalue weighted by molar-refractivity contribution is 5.77. The summed E-state index contributed by atoms with van der Waals surface area (Å²) in [6, 6.07) is 1.24. The van der Waals surface area contributed by atoms with E-state index in [9.17, 15) is 4.79 Å². The van der Waals surface area contributed by atoms with Crippen LogP contribution in [0.5, 0.6) is 0 Å². The second-order valence-electron chi connectivity index (χ2n) is 6.94. The van der Waals surface area contributed by atoms with Crippen molar-refractivity contribution < 1.29 is 4.79 Å². The molecule has 0 N–H and O–H groups in total. The molecule has 19 heavy (non-hydrogen) atoms. The minimum atomic E-state index is 0.393. The topological polar surface area (TPSA) is 23.6 Å². The molecule has 3 saturated heterocycles. The van der Waals surface area contributed by atoms with Crippen LogP contribution in [0.25, 0.3) is 0 Å². The minimum absolute atomic E-state index is 0.393. The molecule has 4 rings (SSSR count). The van der Waals surface area contributed by atoms with Gasteiger partial charge in [-0.2, -0.15) is 0 Å². The standard InChI is InChI=1S/C16H24N2O/c1-11-8-12-4-2-6-15-17(12)14(9-11)10-13-5-3-7-16(19)18(13)15/h4,11,13-15H,2-3,5-10H2,1H3. The summed E-state index contributed by atoms with van der Waals surface area (Å²) in [6.45, 7) is 2.39. The molecule has 0 saturated carbocycles. The number of hydrogen-bond acceptors (Lipinski definition) is 2. The van der Waals surface area contributed by atoms with Gasteiger partial charge in [0, 0.05) is 24.2 Å². The lowest BCUT2D eigenvalue weighted by Crippen LogP contribution is -2.66. The van der Waals surface area contributed by atoms with Crippen LogP contribution < -0.4 is 0 Å². The highest BCUT2D eigenvalue weighted by Gasteiger charge is 2.47. The molecule has 3 nitrogen and oxygen atoms in total. The van der Waals surface area contributed by atoms with Crippen molar-refractivity contribution in [2.45, 2.75) is 76.5 Å². The average molecular weight is 260 g/mol. The van der Waals surface area contributed by atoms with E-state index in [4.69, 9.17) is 0 Å². The summed E-state index contributed by atoms with van der Waals surface area (Å²) in [6.07, 6.45) is 12.0. The third-order valence-corrected chi connectivity index (χ3v) is 5.56. The predicted molar refractivity (Wildman–Crippen MR) is 74.2 cm³/mol. The normalized spacial score (nSPS) is 41.5. The average Bonchev–Trinajstić information content (AvgIpc) is 2.38. The van der Waals surface area contributed by atoms with Gasteiger partial charge in [0.05, 0.1) is 0 Å². The van der Waals surface area contributed by atoms with Crippen LogP contribution in [0.1, 0.15) is 58.3 Å². The van der Waals surface area contributed by atoms with Crippen molar-refractivity contribution in [2.75, 3.05) is 0 Å². The number of carbonyl (C=O) groups is 1. The molecule has 3 fully saturated rings. The summed E-state index contributed by atoms with van der Waals surface area (Å²) in [4.78, 5) is 17.2. The molecule has 0 aromatic rings. The molecule has 4 heterocycles. The maximum atomic E-state index is 12.3. The fourth-order valence-electron chi connectivity index (χ4n) is 4.92. The van der Waals surface area contributed by atoms with Crippen molar-refractivity contribution >= 4 is 5.91 Å². The van der Waals surface area contributed by atoms with E-state index < -0.39 is 0 Å². The molecule has 4 aliphatic rings. The number of allylic oxidation sites excluding steroid dienone is 2. The van der Waals surface area contributed by atoms with E-state index in [1.807, 2.05) is 0 Å². The van der Waals surface area contributed by atoms with Crippen LogP contribution in [-0.4, -0.2) is 34.0 Å². The van der Waals surface area contributed by atoms with Gasteiger partial charge < -0.3 is 9.80 Å². The van der Waals surface area contributed by atoms with Crippen molar-refractivity contribution in [2.24, 2.45) is 5.92 Å². The second kappa shape index (κ2) is 4.26. The Morgan fingerprint density at radius 3 is 2.95 bits per heavy atom. The van der Waals surface area contributed by atoms with Crippen molar-refractivity contribution in [3.63, 3.8) is 0 Å². The first-order chi connectivity index (χ1) is 9.24. The van der Waals surface area contributed by atoms with E-state index in [1.54, 1.807) is 0 Å². The maximum Gasteiger partial charge on any atom is 0.224 e. The molecule has 0 bridgehead atoms. The number of piperidine rings is 2. The Hall–Kier alpha value is -0.990. The highest BCUT2D eigenvalue weighted by Crippen LogP contribution is 2.44. The van der Waals surface area contributed by atoms with Gasteiger partial charge in [0.15, 0.2) is 0 Å². The van der Waals surface area contributed by atoms with Crippen LogP contribution in [0.15, 0.2) is 11.8 Å². The van der Waals surface area contributed by atoms with Crippen molar-refractivity contribution in [3.05, 3.63) is 11.8 Å². The number of rotatable bonds is 0. The first-order valence-electron chi connectivity index (χ1n) is 8.02. The van der Waals surface area contributed by atoms with Gasteiger partial charge in [0.25, 0.3) is 0 Å². The van der Waals surface area contributed by atoms with Crippen LogP contribution in [0.4, 0.5) is 0 Å². The number of amides is 1. The van der Waals surface area contributed by atoms with E-state index in [0.29, 0.717) is 24.2 Å². The Morgan fingerprint density at radius 2 is 2.05 bits per heavy atom. The molecule has 0 aromatic heterocycles. The zero-order valence-corrected chi connectivity index (χ0v) is 11.8. The Balaban J connectivity index is 1.70. The van der Waals surface area contributed by atoms with Gasteiger partial charge in [-0.15, -0.1) is 0 Å². The lowest BCUT2D eigenvalue weighted by atomic mass is 9.79. The Morgan fingerprint density at radius 1 is 1.16 bits per heavy atom. The number of hydrogen-bond donors (Lipinski definition) is 0. The molecule has 1 amide bonds. The van der Waals surface area contributed by atoms with Crippen LogP contribution >= 0.6 is 0 Å². The van der Waals surface area contributed by atoms with Crippen molar-refractivity contribution in [1.82, 2.24) is 9.80 Å². The maximum absolute atomic E-state index is 12.3. The third kappa shape index (κ3) is 1.73. The van der Waals surface area contributed by atoms with Crippen molar-refractivity contribution in [1.29, 1.82) is 0 Å². The molecule has 0 radical (unpaired) electrons. The monoisotopic (exact) mass is 260 g/mol. The summed E-state index contributed by atoms with van der Waals surface area (Å²) < 4.78 is 0. The SMILES string of the molecule is CC1CC2=CCCC3N4C(=O)CCCC4CC(C1)N23. The van der Waals surface area contributed by atoms with Gasteiger partial charge in [-0.3, -0.25) is 4.79 Å². The summed E-state index contributed by atoms with van der Waals surface area (Å²) in [5.41, 5.74) is 1.54. The Kier molecular flexibility index (Phi) is 2.64. The molecular formula is C16H24N2O. The summed E-state index contributed by atoms with van der Waals surface area (Å²) >= 11 is 0. The minimum Gasteiger partial charge on any atom is -0.352 e. The molecular weight excluding hydrogens is 236 g/mol. The largest absolute Gasteiger partial charge is 0.352 e. The summed E-state index contributed by atoms with van der Waals surface area (Å²) in [5, 5.41) is 0. The third-order valence-electron chi connectivity index (χ3n) is 5.56. The zero-order chi connectivity index (χ0) is 13.0. The molecule has 104 valence electrons. The Bertz CT molecular complexity index is 430. The van der Waals surface area contributed by atoms with Crippen LogP contribution in [0, 0.1) is 5.92 Å². The first-order valence-corrected chi connectivity index (χ1v) is 8.02. The van der Waals surface area contributed by atoms with E-state index in [0.717, 1.165) is 31.6 Å². The second-order valence-corrected chi connectivity index (χ2v) is 6.94. The van der Waals surface area contributed by atoms with E-state index >= 15 is 0 Å². The van der Waals surface area contributed by atoms with Crippen LogP contribution in [-0.2, 0) is 4.79 Å².